The molecule has 0 aliphatic heterocycles. The molecule has 0 aliphatic rings. The van der Waals surface area contributed by atoms with Crippen molar-refractivity contribution < 1.29 is 8.83 Å². The van der Waals surface area contributed by atoms with Crippen LogP contribution >= 0.6 is 15.9 Å². The lowest BCUT2D eigenvalue weighted by Crippen LogP contribution is -1.94. The third-order valence-electron chi connectivity index (χ3n) is 13.9. The standard InChI is InChI=1S/C32H19NO.C26H15NO.C6H5Br/c1-2-11-21(12-3-1)33-30-22-13-5-4-10-20(22)18-19-26(30)28-23-14-6-7-15-24(23)29-25-16-8-9-17-27(25)34-32(29)31(28)33;1-2-8-16-15(7-1)13-14-20-22-17-9-3-4-10-18(17)23-19-11-5-6-12-21(19)28-26(23)25(22)27-24(16)20;7-6-4-2-1-3-5-6/h1-19H;1-14,27H;1-5H. The third-order valence-corrected chi connectivity index (χ3v) is 14.4. The Bertz CT molecular complexity index is 4670. The van der Waals surface area contributed by atoms with Crippen LogP contribution in [0.4, 0.5) is 0 Å². The highest BCUT2D eigenvalue weighted by molar-refractivity contribution is 9.10. The van der Waals surface area contributed by atoms with E-state index in [1.165, 1.54) is 91.8 Å². The molecule has 0 radical (unpaired) electrons. The summed E-state index contributed by atoms with van der Waals surface area (Å²) in [5.74, 6) is 0. The van der Waals surface area contributed by atoms with Crippen molar-refractivity contribution in [1.82, 2.24) is 9.55 Å². The molecule has 16 rings (SSSR count). The Hall–Kier alpha value is -8.64. The minimum atomic E-state index is 0.921. The summed E-state index contributed by atoms with van der Waals surface area (Å²) in [4.78, 5) is 3.72. The zero-order valence-electron chi connectivity index (χ0n) is 37.1. The molecule has 5 heteroatoms. The third kappa shape index (κ3) is 6.07. The van der Waals surface area contributed by atoms with Gasteiger partial charge in [0.05, 0.1) is 22.1 Å². The van der Waals surface area contributed by atoms with Gasteiger partial charge in [-0.2, -0.15) is 0 Å². The highest BCUT2D eigenvalue weighted by atomic mass is 79.9. The van der Waals surface area contributed by atoms with E-state index in [0.29, 0.717) is 0 Å². The second-order valence-corrected chi connectivity index (χ2v) is 18.6. The number of hydrogen-bond donors (Lipinski definition) is 1. The lowest BCUT2D eigenvalue weighted by molar-refractivity contribution is 0.671. The Labute approximate surface area is 403 Å². The quantitative estimate of drug-likeness (QED) is 0.178. The second kappa shape index (κ2) is 15.7. The molecule has 0 bridgehead atoms. The fourth-order valence-corrected chi connectivity index (χ4v) is 11.3. The molecule has 0 aliphatic carbocycles. The highest BCUT2D eigenvalue weighted by Gasteiger charge is 2.24. The van der Waals surface area contributed by atoms with E-state index in [2.05, 4.69) is 207 Å². The number of nitrogens with one attached hydrogen (secondary N) is 1. The number of hydrogen-bond acceptors (Lipinski definition) is 2. The summed E-state index contributed by atoms with van der Waals surface area (Å²) < 4.78 is 16.6. The SMILES string of the molecule is Brc1ccccc1.c1ccc(-n2c3c4ccccc4ccc3c3c4ccccc4c4c5ccccc5oc4c32)cc1.c1ccc2c(c1)ccc1c2[nH]c2c3oc4ccccc4c3c3ccccc3c12. The Balaban J connectivity index is 0.000000116. The van der Waals surface area contributed by atoms with Crippen LogP contribution in [0.2, 0.25) is 0 Å². The maximum absolute atomic E-state index is 6.66. The molecule has 0 fully saturated rings. The van der Waals surface area contributed by atoms with E-state index in [1.54, 1.807) is 0 Å². The maximum atomic E-state index is 6.66. The van der Waals surface area contributed by atoms with Crippen molar-refractivity contribution in [2.45, 2.75) is 0 Å². The van der Waals surface area contributed by atoms with E-state index in [9.17, 15) is 0 Å². The summed E-state index contributed by atoms with van der Waals surface area (Å²) in [6, 6.07) is 80.9. The predicted octanol–water partition coefficient (Wildman–Crippen LogP) is 19.0. The van der Waals surface area contributed by atoms with Crippen LogP contribution < -0.4 is 0 Å². The van der Waals surface area contributed by atoms with E-state index in [-0.39, 0.29) is 0 Å². The van der Waals surface area contributed by atoms with Gasteiger partial charge in [-0.05, 0) is 68.7 Å². The lowest BCUT2D eigenvalue weighted by atomic mass is 9.98. The fraction of sp³-hybridized carbons (Fsp3) is 0. The number of fused-ring (bicyclic) bond motifs is 24. The first-order valence-electron chi connectivity index (χ1n) is 23.3. The average molecular weight is 948 g/mol. The smallest absolute Gasteiger partial charge is 0.160 e. The number of H-pyrrole nitrogens is 1. The monoisotopic (exact) mass is 946 g/mol. The minimum Gasteiger partial charge on any atom is -0.454 e. The summed E-state index contributed by atoms with van der Waals surface area (Å²) >= 11 is 3.31. The number of aromatic nitrogens is 2. The molecule has 0 saturated heterocycles. The molecule has 69 heavy (non-hydrogen) atoms. The number of aromatic amines is 1. The number of nitrogens with zero attached hydrogens (tertiary/aromatic N) is 1. The molecule has 0 saturated carbocycles. The van der Waals surface area contributed by atoms with Crippen molar-refractivity contribution in [1.29, 1.82) is 0 Å². The largest absolute Gasteiger partial charge is 0.454 e. The molecule has 0 amide bonds. The average Bonchev–Trinajstić information content (AvgIpc) is 4.20. The zero-order valence-corrected chi connectivity index (χ0v) is 38.7. The van der Waals surface area contributed by atoms with Gasteiger partial charge in [0.1, 0.15) is 11.2 Å². The Morgan fingerprint density at radius 2 is 0.754 bits per heavy atom. The topological polar surface area (TPSA) is 47.0 Å². The van der Waals surface area contributed by atoms with Crippen LogP contribution in [-0.2, 0) is 0 Å². The van der Waals surface area contributed by atoms with Crippen LogP contribution in [0.3, 0.4) is 0 Å². The molecule has 4 nitrogen and oxygen atoms in total. The number of para-hydroxylation sites is 3. The van der Waals surface area contributed by atoms with Crippen LogP contribution in [0.25, 0.3) is 136 Å². The first kappa shape index (κ1) is 39.5. The first-order chi connectivity index (χ1) is 34.2. The number of halogens is 1. The summed E-state index contributed by atoms with van der Waals surface area (Å²) in [6.07, 6.45) is 0. The Morgan fingerprint density at radius 1 is 0.304 bits per heavy atom. The van der Waals surface area contributed by atoms with E-state index < -0.39 is 0 Å². The van der Waals surface area contributed by atoms with Gasteiger partial charge in [-0.15, -0.1) is 0 Å². The Kier molecular flexibility index (Phi) is 9.01. The van der Waals surface area contributed by atoms with Crippen molar-refractivity contribution in [2.75, 3.05) is 0 Å². The van der Waals surface area contributed by atoms with E-state index >= 15 is 0 Å². The van der Waals surface area contributed by atoms with E-state index in [0.717, 1.165) is 48.9 Å². The van der Waals surface area contributed by atoms with Crippen LogP contribution in [0.15, 0.2) is 244 Å². The summed E-state index contributed by atoms with van der Waals surface area (Å²) in [7, 11) is 0. The number of rotatable bonds is 1. The van der Waals surface area contributed by atoms with Crippen molar-refractivity contribution in [3.63, 3.8) is 0 Å². The molecule has 1 N–H and O–H groups in total. The second-order valence-electron chi connectivity index (χ2n) is 17.7. The molecule has 324 valence electrons. The van der Waals surface area contributed by atoms with Crippen molar-refractivity contribution in [2.24, 2.45) is 0 Å². The van der Waals surface area contributed by atoms with E-state index in [4.69, 9.17) is 8.83 Å². The Morgan fingerprint density at radius 3 is 1.36 bits per heavy atom. The van der Waals surface area contributed by atoms with Gasteiger partial charge < -0.3 is 18.4 Å². The van der Waals surface area contributed by atoms with Crippen LogP contribution in [0.5, 0.6) is 0 Å². The molecule has 0 atom stereocenters. The molecule has 0 spiro atoms. The highest BCUT2D eigenvalue weighted by Crippen LogP contribution is 2.48. The van der Waals surface area contributed by atoms with Gasteiger partial charge in [0.2, 0.25) is 0 Å². The van der Waals surface area contributed by atoms with Gasteiger partial charge in [-0.3, -0.25) is 0 Å². The molecule has 12 aromatic carbocycles. The molecular weight excluding hydrogens is 909 g/mol. The number of furan rings is 2. The van der Waals surface area contributed by atoms with Gasteiger partial charge in [-0.1, -0.05) is 210 Å². The van der Waals surface area contributed by atoms with Crippen LogP contribution in [0, 0.1) is 0 Å². The van der Waals surface area contributed by atoms with Crippen LogP contribution in [-0.4, -0.2) is 9.55 Å². The van der Waals surface area contributed by atoms with Gasteiger partial charge in [-0.25, -0.2) is 0 Å². The lowest BCUT2D eigenvalue weighted by Gasteiger charge is -2.10. The van der Waals surface area contributed by atoms with Gasteiger partial charge in [0.15, 0.2) is 11.2 Å². The van der Waals surface area contributed by atoms with Gasteiger partial charge in [0, 0.05) is 64.0 Å². The maximum Gasteiger partial charge on any atom is 0.160 e. The minimum absolute atomic E-state index is 0.921. The summed E-state index contributed by atoms with van der Waals surface area (Å²) in [5.41, 5.74) is 9.47. The van der Waals surface area contributed by atoms with Gasteiger partial charge >= 0.3 is 0 Å². The summed E-state index contributed by atoms with van der Waals surface area (Å²) in [5, 5.41) is 19.6. The molecule has 16 aromatic rings. The van der Waals surface area contributed by atoms with Crippen molar-refractivity contribution in [3.8, 4) is 5.69 Å². The zero-order chi connectivity index (χ0) is 45.6. The van der Waals surface area contributed by atoms with Crippen molar-refractivity contribution in [3.05, 3.63) is 235 Å². The normalized spacial score (nSPS) is 11.8. The predicted molar refractivity (Wildman–Crippen MR) is 295 cm³/mol. The molecule has 4 heterocycles. The summed E-state index contributed by atoms with van der Waals surface area (Å²) in [6.45, 7) is 0. The molecular formula is C64H39BrN2O2. The van der Waals surface area contributed by atoms with Crippen LogP contribution in [0.1, 0.15) is 0 Å². The molecule has 4 aromatic heterocycles. The fourth-order valence-electron chi connectivity index (χ4n) is 11.0. The van der Waals surface area contributed by atoms with E-state index in [1.807, 2.05) is 48.5 Å². The first-order valence-corrected chi connectivity index (χ1v) is 24.1. The van der Waals surface area contributed by atoms with Gasteiger partial charge in [0.25, 0.3) is 0 Å². The number of benzene rings is 12. The van der Waals surface area contributed by atoms with Crippen molar-refractivity contribution >= 4 is 147 Å². The molecule has 0 unspecified atom stereocenters.